The summed E-state index contributed by atoms with van der Waals surface area (Å²) < 4.78 is 4.56. The van der Waals surface area contributed by atoms with Gasteiger partial charge in [0, 0.05) is 0 Å². The zero-order chi connectivity index (χ0) is 10.7. The summed E-state index contributed by atoms with van der Waals surface area (Å²) in [5, 5.41) is 13.9. The van der Waals surface area contributed by atoms with Crippen LogP contribution in [0.5, 0.6) is 0 Å². The fourth-order valence-electron chi connectivity index (χ4n) is 0.860. The lowest BCUT2D eigenvalue weighted by Crippen LogP contribution is -2.12. The Bertz CT molecular complexity index is 372. The van der Waals surface area contributed by atoms with Gasteiger partial charge < -0.3 is 10.6 Å². The minimum absolute atomic E-state index is 0.118. The maximum atomic E-state index is 11.1. The van der Waals surface area contributed by atoms with E-state index in [2.05, 4.69) is 9.84 Å². The van der Waals surface area contributed by atoms with Crippen molar-refractivity contribution in [1.29, 1.82) is 0 Å². The molecule has 0 aromatic carbocycles. The van der Waals surface area contributed by atoms with Gasteiger partial charge in [0.05, 0.1) is 11.5 Å². The van der Waals surface area contributed by atoms with E-state index in [4.69, 9.17) is 5.84 Å². The predicted octanol–water partition coefficient (Wildman–Crippen LogP) is -0.318. The van der Waals surface area contributed by atoms with Crippen molar-refractivity contribution in [3.8, 4) is 0 Å². The van der Waals surface area contributed by atoms with Gasteiger partial charge in [-0.3, -0.25) is 10.1 Å². The van der Waals surface area contributed by atoms with Crippen LogP contribution in [0.4, 0.5) is 5.69 Å². The van der Waals surface area contributed by atoms with E-state index in [0.29, 0.717) is 4.79 Å². The summed E-state index contributed by atoms with van der Waals surface area (Å²) in [4.78, 5) is 21.5. The van der Waals surface area contributed by atoms with Crippen molar-refractivity contribution >= 4 is 11.7 Å². The van der Waals surface area contributed by atoms with E-state index >= 15 is 0 Å². The summed E-state index contributed by atoms with van der Waals surface area (Å²) in [5.74, 6) is 4.29. The van der Waals surface area contributed by atoms with Gasteiger partial charge in [-0.05, 0) is 6.92 Å². The Kier molecular flexibility index (Phi) is 2.65. The van der Waals surface area contributed by atoms with E-state index in [1.807, 2.05) is 0 Å². The van der Waals surface area contributed by atoms with Crippen LogP contribution in [0.25, 0.3) is 0 Å². The fourth-order valence-corrected chi connectivity index (χ4v) is 0.860. The van der Waals surface area contributed by atoms with Crippen LogP contribution in [-0.2, 0) is 4.74 Å². The molecule has 0 amide bonds. The van der Waals surface area contributed by atoms with E-state index in [1.54, 1.807) is 6.92 Å². The molecule has 0 spiro atoms. The van der Waals surface area contributed by atoms with Crippen LogP contribution in [0.2, 0.25) is 0 Å². The molecule has 1 aromatic rings. The first-order chi connectivity index (χ1) is 6.56. The molecule has 0 saturated heterocycles. The highest BCUT2D eigenvalue weighted by Gasteiger charge is 2.26. The summed E-state index contributed by atoms with van der Waals surface area (Å²) >= 11 is 0. The van der Waals surface area contributed by atoms with E-state index in [1.165, 1.54) is 0 Å². The van der Waals surface area contributed by atoms with Gasteiger partial charge in [-0.25, -0.2) is 4.79 Å². The van der Waals surface area contributed by atoms with Crippen molar-refractivity contribution < 1.29 is 14.5 Å². The Hall–Kier alpha value is -2.12. The van der Waals surface area contributed by atoms with Crippen molar-refractivity contribution in [2.75, 3.05) is 12.4 Å². The molecule has 8 heteroatoms. The van der Waals surface area contributed by atoms with Crippen molar-refractivity contribution in [2.45, 2.75) is 6.92 Å². The quantitative estimate of drug-likeness (QED) is 0.309. The number of aromatic nitrogens is 2. The Balaban J connectivity index is 3.06. The molecule has 0 atom stereocenters. The number of rotatable bonds is 3. The van der Waals surface area contributed by atoms with Gasteiger partial charge in [0.1, 0.15) is 6.20 Å². The monoisotopic (exact) mass is 200 g/mol. The van der Waals surface area contributed by atoms with Crippen LogP contribution in [0.1, 0.15) is 17.4 Å². The minimum Gasteiger partial charge on any atom is -0.461 e. The Labute approximate surface area is 78.4 Å². The largest absolute Gasteiger partial charge is 0.461 e. The fraction of sp³-hybridized carbons (Fsp3) is 0.333. The number of carbonyl (C=O) groups excluding carboxylic acids is 1. The van der Waals surface area contributed by atoms with Gasteiger partial charge in [-0.15, -0.1) is 5.10 Å². The Morgan fingerprint density at radius 1 is 1.86 bits per heavy atom. The normalized spacial score (nSPS) is 9.79. The molecule has 0 fully saturated rings. The third-order valence-electron chi connectivity index (χ3n) is 1.38. The lowest BCUT2D eigenvalue weighted by molar-refractivity contribution is -0.385. The van der Waals surface area contributed by atoms with Crippen LogP contribution >= 0.6 is 0 Å². The topological polar surface area (TPSA) is 113 Å². The van der Waals surface area contributed by atoms with Crippen molar-refractivity contribution in [3.63, 3.8) is 0 Å². The van der Waals surface area contributed by atoms with Crippen LogP contribution < -0.4 is 5.84 Å². The predicted molar refractivity (Wildman–Crippen MR) is 45.0 cm³/mol. The standard InChI is InChI=1S/C6H8N4O4/c1-2-14-6(11)5-4(10(12)13)3-9(7)8-5/h3H,2,7H2,1H3. The van der Waals surface area contributed by atoms with Gasteiger partial charge in [-0.1, -0.05) is 0 Å². The molecule has 1 rings (SSSR count). The molecular formula is C6H8N4O4. The molecule has 0 unspecified atom stereocenters. The van der Waals surface area contributed by atoms with E-state index in [9.17, 15) is 14.9 Å². The second kappa shape index (κ2) is 3.73. The van der Waals surface area contributed by atoms with Crippen LogP contribution in [-0.4, -0.2) is 27.4 Å². The molecule has 1 aromatic heterocycles. The zero-order valence-corrected chi connectivity index (χ0v) is 7.34. The molecule has 2 N–H and O–H groups in total. The highest BCUT2D eigenvalue weighted by Crippen LogP contribution is 2.16. The number of nitrogens with zero attached hydrogens (tertiary/aromatic N) is 3. The first-order valence-corrected chi connectivity index (χ1v) is 3.72. The first kappa shape index (κ1) is 9.96. The first-order valence-electron chi connectivity index (χ1n) is 3.72. The highest BCUT2D eigenvalue weighted by molar-refractivity contribution is 5.91. The SMILES string of the molecule is CCOC(=O)c1nn(N)cc1[N+](=O)[O-]. The Morgan fingerprint density at radius 3 is 3.00 bits per heavy atom. The average Bonchev–Trinajstić information content (AvgIpc) is 2.48. The van der Waals surface area contributed by atoms with Gasteiger partial charge in [0.25, 0.3) is 0 Å². The number of carbonyl (C=O) groups is 1. The van der Waals surface area contributed by atoms with Crippen molar-refractivity contribution in [2.24, 2.45) is 0 Å². The van der Waals surface area contributed by atoms with Crippen molar-refractivity contribution in [1.82, 2.24) is 9.89 Å². The van der Waals surface area contributed by atoms with Gasteiger partial charge >= 0.3 is 11.7 Å². The number of ether oxygens (including phenoxy) is 1. The van der Waals surface area contributed by atoms with Gasteiger partial charge in [-0.2, -0.15) is 4.79 Å². The summed E-state index contributed by atoms with van der Waals surface area (Å²) in [6, 6.07) is 0. The maximum Gasteiger partial charge on any atom is 0.366 e. The van der Waals surface area contributed by atoms with Crippen molar-refractivity contribution in [3.05, 3.63) is 22.0 Å². The third-order valence-corrected chi connectivity index (χ3v) is 1.38. The van der Waals surface area contributed by atoms with E-state index < -0.39 is 16.6 Å². The smallest absolute Gasteiger partial charge is 0.366 e. The average molecular weight is 200 g/mol. The van der Waals surface area contributed by atoms with Gasteiger partial charge in [0.2, 0.25) is 5.69 Å². The molecule has 1 heterocycles. The summed E-state index contributed by atoms with van der Waals surface area (Å²) in [6.07, 6.45) is 0.937. The van der Waals surface area contributed by atoms with Crippen LogP contribution in [0.15, 0.2) is 6.20 Å². The number of hydrogen-bond donors (Lipinski definition) is 1. The molecule has 0 bridgehead atoms. The number of hydrogen-bond acceptors (Lipinski definition) is 6. The molecule has 0 aliphatic rings. The van der Waals surface area contributed by atoms with Gasteiger partial charge in [0.15, 0.2) is 0 Å². The molecule has 0 radical (unpaired) electrons. The lowest BCUT2D eigenvalue weighted by atomic mass is 10.4. The molecule has 0 saturated carbocycles. The molecule has 0 aliphatic heterocycles. The lowest BCUT2D eigenvalue weighted by Gasteiger charge is -1.96. The molecule has 0 aliphatic carbocycles. The summed E-state index contributed by atoms with van der Waals surface area (Å²) in [5.41, 5.74) is -0.856. The van der Waals surface area contributed by atoms with E-state index in [-0.39, 0.29) is 12.3 Å². The molecule has 14 heavy (non-hydrogen) atoms. The zero-order valence-electron chi connectivity index (χ0n) is 7.34. The molecule has 8 nitrogen and oxygen atoms in total. The highest BCUT2D eigenvalue weighted by atomic mass is 16.6. The summed E-state index contributed by atoms with van der Waals surface area (Å²) in [6.45, 7) is 1.70. The minimum atomic E-state index is -0.858. The number of nitrogens with two attached hydrogens (primary N) is 1. The number of nitrogen functional groups attached to an aromatic ring is 1. The van der Waals surface area contributed by atoms with Crippen LogP contribution in [0.3, 0.4) is 0 Å². The van der Waals surface area contributed by atoms with Crippen LogP contribution in [0, 0.1) is 10.1 Å². The number of nitro groups is 1. The third kappa shape index (κ3) is 1.79. The maximum absolute atomic E-state index is 11.1. The number of esters is 1. The second-order valence-corrected chi connectivity index (χ2v) is 2.32. The molecule has 76 valence electrons. The second-order valence-electron chi connectivity index (χ2n) is 2.32. The van der Waals surface area contributed by atoms with E-state index in [0.717, 1.165) is 6.20 Å². The molecular weight excluding hydrogens is 192 g/mol. The Morgan fingerprint density at radius 2 is 2.50 bits per heavy atom. The summed E-state index contributed by atoms with van der Waals surface area (Å²) in [7, 11) is 0.